The van der Waals surface area contributed by atoms with Crippen LogP contribution in [-0.4, -0.2) is 39.2 Å². The molecule has 37 heavy (non-hydrogen) atoms. The van der Waals surface area contributed by atoms with Crippen LogP contribution in [-0.2, 0) is 20.7 Å². The van der Waals surface area contributed by atoms with E-state index in [0.717, 1.165) is 5.56 Å². The summed E-state index contributed by atoms with van der Waals surface area (Å²) in [5, 5.41) is 2.03. The average molecular weight is 505 g/mol. The molecule has 0 unspecified atom stereocenters. The molecular formula is C28H28N2O7. The van der Waals surface area contributed by atoms with E-state index < -0.39 is 17.9 Å². The first kappa shape index (κ1) is 26.8. The van der Waals surface area contributed by atoms with Gasteiger partial charge in [-0.25, -0.2) is 9.59 Å². The van der Waals surface area contributed by atoms with E-state index in [0.29, 0.717) is 46.1 Å². The number of carbonyl (C=O) groups excluding carboxylic acids is 3. The summed E-state index contributed by atoms with van der Waals surface area (Å²) >= 11 is 0. The first-order chi connectivity index (χ1) is 17.8. The van der Waals surface area contributed by atoms with Gasteiger partial charge in [-0.15, -0.1) is 0 Å². The topological polar surface area (TPSA) is 126 Å². The molecule has 0 fully saturated rings. The van der Waals surface area contributed by atoms with Gasteiger partial charge in [0.15, 0.2) is 0 Å². The summed E-state index contributed by atoms with van der Waals surface area (Å²) in [5.74, 6) is 1.45. The number of rotatable bonds is 10. The number of benzene rings is 3. The summed E-state index contributed by atoms with van der Waals surface area (Å²) in [7, 11) is 4.44. The SMILES string of the molecule is COC(=O)/C(=C/c1cc(OC)cc(OC)c1)c1ccc(Oc2ccc(CCC(=O)NC(N)=O)cc2)cc1. The molecule has 9 nitrogen and oxygen atoms in total. The summed E-state index contributed by atoms with van der Waals surface area (Å²) in [5.41, 5.74) is 7.56. The summed E-state index contributed by atoms with van der Waals surface area (Å²) in [6.07, 6.45) is 2.30. The van der Waals surface area contributed by atoms with Crippen LogP contribution in [0.25, 0.3) is 11.6 Å². The third kappa shape index (κ3) is 7.86. The Hall–Kier alpha value is -4.79. The van der Waals surface area contributed by atoms with Crippen LogP contribution in [0.3, 0.4) is 0 Å². The molecule has 0 aliphatic carbocycles. The lowest BCUT2D eigenvalue weighted by Gasteiger charge is -2.10. The number of methoxy groups -OCH3 is 3. The molecule has 3 N–H and O–H groups in total. The van der Waals surface area contributed by atoms with Crippen LogP contribution in [0, 0.1) is 0 Å². The van der Waals surface area contributed by atoms with Gasteiger partial charge in [-0.3, -0.25) is 10.1 Å². The Labute approximate surface area is 214 Å². The minimum atomic E-state index is -0.866. The number of ether oxygens (including phenoxy) is 4. The van der Waals surface area contributed by atoms with E-state index >= 15 is 0 Å². The molecule has 3 aromatic rings. The molecule has 3 amide bonds. The van der Waals surface area contributed by atoms with Crippen molar-refractivity contribution in [3.63, 3.8) is 0 Å². The molecule has 192 valence electrons. The van der Waals surface area contributed by atoms with Gasteiger partial charge in [0.2, 0.25) is 5.91 Å². The minimum absolute atomic E-state index is 0.142. The number of hydrogen-bond acceptors (Lipinski definition) is 7. The number of hydrogen-bond donors (Lipinski definition) is 2. The van der Waals surface area contributed by atoms with Gasteiger partial charge < -0.3 is 24.7 Å². The van der Waals surface area contributed by atoms with Gasteiger partial charge >= 0.3 is 12.0 Å². The second kappa shape index (κ2) is 12.8. The summed E-state index contributed by atoms with van der Waals surface area (Å²) in [4.78, 5) is 34.8. The third-order valence-electron chi connectivity index (χ3n) is 5.32. The normalized spacial score (nSPS) is 10.8. The van der Waals surface area contributed by atoms with Gasteiger partial charge in [0.05, 0.1) is 26.9 Å². The fourth-order valence-electron chi connectivity index (χ4n) is 3.47. The molecule has 3 aromatic carbocycles. The van der Waals surface area contributed by atoms with Crippen molar-refractivity contribution in [3.05, 3.63) is 83.4 Å². The maximum atomic E-state index is 12.5. The summed E-state index contributed by atoms with van der Waals surface area (Å²) < 4.78 is 21.5. The smallest absolute Gasteiger partial charge is 0.338 e. The van der Waals surface area contributed by atoms with Crippen LogP contribution in [0.1, 0.15) is 23.1 Å². The molecule has 9 heteroatoms. The predicted molar refractivity (Wildman–Crippen MR) is 138 cm³/mol. The monoisotopic (exact) mass is 504 g/mol. The average Bonchev–Trinajstić information content (AvgIpc) is 2.90. The Balaban J connectivity index is 1.73. The molecule has 0 aromatic heterocycles. The Morgan fingerprint density at radius 2 is 1.38 bits per heavy atom. The van der Waals surface area contributed by atoms with Crippen molar-refractivity contribution in [1.29, 1.82) is 0 Å². The highest BCUT2D eigenvalue weighted by Gasteiger charge is 2.14. The Bertz CT molecular complexity index is 1260. The van der Waals surface area contributed by atoms with Crippen LogP contribution in [0.2, 0.25) is 0 Å². The fraction of sp³-hybridized carbons (Fsp3) is 0.179. The summed E-state index contributed by atoms with van der Waals surface area (Å²) in [6, 6.07) is 18.7. The maximum absolute atomic E-state index is 12.5. The van der Waals surface area contributed by atoms with Crippen molar-refractivity contribution in [1.82, 2.24) is 5.32 Å². The number of imide groups is 1. The molecule has 0 heterocycles. The fourth-order valence-corrected chi connectivity index (χ4v) is 3.47. The Morgan fingerprint density at radius 1 is 0.811 bits per heavy atom. The minimum Gasteiger partial charge on any atom is -0.497 e. The lowest BCUT2D eigenvalue weighted by atomic mass is 10.0. The second-order valence-corrected chi connectivity index (χ2v) is 7.88. The van der Waals surface area contributed by atoms with Crippen LogP contribution < -0.4 is 25.3 Å². The van der Waals surface area contributed by atoms with E-state index in [1.54, 1.807) is 74.9 Å². The standard InChI is InChI=1S/C28H28N2O7/c1-34-23-14-19(15-24(17-23)35-2)16-25(27(32)36-3)20-7-11-22(12-8-20)37-21-9-4-18(5-10-21)6-13-26(31)30-28(29)33/h4-5,7-12,14-17H,6,13H2,1-3H3,(H3,29,30,31,33)/b25-16+. The van der Waals surface area contributed by atoms with Crippen molar-refractivity contribution in [3.8, 4) is 23.0 Å². The Morgan fingerprint density at radius 3 is 1.89 bits per heavy atom. The number of primary amides is 1. The molecule has 0 radical (unpaired) electrons. The number of urea groups is 1. The van der Waals surface area contributed by atoms with Gasteiger partial charge in [0, 0.05) is 12.5 Å². The number of nitrogens with one attached hydrogen (secondary N) is 1. The van der Waals surface area contributed by atoms with Crippen LogP contribution in [0.5, 0.6) is 23.0 Å². The van der Waals surface area contributed by atoms with Gasteiger partial charge in [-0.2, -0.15) is 0 Å². The van der Waals surface area contributed by atoms with Gasteiger partial charge in [0.1, 0.15) is 23.0 Å². The first-order valence-electron chi connectivity index (χ1n) is 11.3. The van der Waals surface area contributed by atoms with Gasteiger partial charge in [0.25, 0.3) is 0 Å². The zero-order chi connectivity index (χ0) is 26.8. The second-order valence-electron chi connectivity index (χ2n) is 7.88. The van der Waals surface area contributed by atoms with Crippen molar-refractivity contribution in [2.75, 3.05) is 21.3 Å². The first-order valence-corrected chi connectivity index (χ1v) is 11.3. The number of nitrogens with two attached hydrogens (primary N) is 1. The molecule has 0 aliphatic heterocycles. The molecule has 0 spiro atoms. The largest absolute Gasteiger partial charge is 0.497 e. The quantitative estimate of drug-likeness (QED) is 0.239. The molecule has 3 rings (SSSR count). The number of amides is 3. The van der Waals surface area contributed by atoms with E-state index in [2.05, 4.69) is 0 Å². The molecule has 0 saturated carbocycles. The van der Waals surface area contributed by atoms with Crippen LogP contribution in [0.15, 0.2) is 66.7 Å². The van der Waals surface area contributed by atoms with E-state index in [9.17, 15) is 14.4 Å². The molecule has 0 aliphatic rings. The van der Waals surface area contributed by atoms with Crippen LogP contribution in [0.4, 0.5) is 4.79 Å². The third-order valence-corrected chi connectivity index (χ3v) is 5.32. The zero-order valence-electron chi connectivity index (χ0n) is 20.8. The molecular weight excluding hydrogens is 476 g/mol. The lowest BCUT2D eigenvalue weighted by molar-refractivity contribution is -0.133. The van der Waals surface area contributed by atoms with Gasteiger partial charge in [-0.1, -0.05) is 24.3 Å². The van der Waals surface area contributed by atoms with E-state index in [1.807, 2.05) is 17.4 Å². The van der Waals surface area contributed by atoms with Gasteiger partial charge in [-0.05, 0) is 65.6 Å². The maximum Gasteiger partial charge on any atom is 0.338 e. The predicted octanol–water partition coefficient (Wildman–Crippen LogP) is 4.34. The van der Waals surface area contributed by atoms with Crippen molar-refractivity contribution < 1.29 is 33.3 Å². The highest BCUT2D eigenvalue weighted by molar-refractivity contribution is 6.21. The van der Waals surface area contributed by atoms with Crippen molar-refractivity contribution >= 4 is 29.6 Å². The van der Waals surface area contributed by atoms with E-state index in [4.69, 9.17) is 24.7 Å². The zero-order valence-corrected chi connectivity index (χ0v) is 20.8. The van der Waals surface area contributed by atoms with Crippen molar-refractivity contribution in [2.45, 2.75) is 12.8 Å². The Kier molecular flexibility index (Phi) is 9.26. The lowest BCUT2D eigenvalue weighted by Crippen LogP contribution is -2.35. The number of carbonyl (C=O) groups is 3. The molecule has 0 atom stereocenters. The highest BCUT2D eigenvalue weighted by atomic mass is 16.5. The molecule has 0 saturated heterocycles. The van der Waals surface area contributed by atoms with E-state index in [-0.39, 0.29) is 6.42 Å². The van der Waals surface area contributed by atoms with Crippen LogP contribution >= 0.6 is 0 Å². The number of esters is 1. The number of aryl methyl sites for hydroxylation is 1. The van der Waals surface area contributed by atoms with Crippen molar-refractivity contribution in [2.24, 2.45) is 5.73 Å². The summed E-state index contributed by atoms with van der Waals surface area (Å²) in [6.45, 7) is 0. The molecule has 0 bridgehead atoms. The van der Waals surface area contributed by atoms with E-state index in [1.165, 1.54) is 7.11 Å². The highest BCUT2D eigenvalue weighted by Crippen LogP contribution is 2.29.